The van der Waals surface area contributed by atoms with E-state index in [0.29, 0.717) is 5.15 Å². The molecule has 0 spiro atoms. The number of pyridine rings is 1. The van der Waals surface area contributed by atoms with E-state index in [1.165, 1.54) is 0 Å². The maximum atomic E-state index is 10.8. The summed E-state index contributed by atoms with van der Waals surface area (Å²) >= 11 is 5.80. The molecule has 2 rings (SSSR count). The Morgan fingerprint density at radius 3 is 3.07 bits per heavy atom. The largest absolute Gasteiger partial charge is 0.338 e. The summed E-state index contributed by atoms with van der Waals surface area (Å²) in [6.45, 7) is 2.78. The molecule has 0 bridgehead atoms. The Morgan fingerprint density at radius 2 is 2.40 bits per heavy atom. The lowest BCUT2D eigenvalue weighted by atomic mass is 10.0. The first-order chi connectivity index (χ1) is 7.22. The van der Waals surface area contributed by atoms with Gasteiger partial charge in [0, 0.05) is 12.2 Å². The number of rotatable bonds is 2. The minimum atomic E-state index is 0.187. The fourth-order valence-electron chi connectivity index (χ4n) is 2.14. The van der Waals surface area contributed by atoms with Crippen LogP contribution < -0.4 is 0 Å². The summed E-state index contributed by atoms with van der Waals surface area (Å²) in [4.78, 5) is 16.9. The number of aromatic nitrogens is 1. The highest BCUT2D eigenvalue weighted by molar-refractivity contribution is 6.29. The molecule has 15 heavy (non-hydrogen) atoms. The number of carbonyl (C=O) groups excluding carboxylic acids is 1. The first-order valence-corrected chi connectivity index (χ1v) is 5.44. The first kappa shape index (κ1) is 10.4. The highest BCUT2D eigenvalue weighted by Crippen LogP contribution is 2.32. The van der Waals surface area contributed by atoms with Crippen molar-refractivity contribution in [3.8, 4) is 0 Å². The quantitative estimate of drug-likeness (QED) is 0.571. The third-order valence-electron chi connectivity index (χ3n) is 2.88. The average Bonchev–Trinajstić information content (AvgIpc) is 2.65. The normalized spacial score (nSPS) is 20.7. The lowest BCUT2D eigenvalue weighted by molar-refractivity contribution is -0.118. The smallest absolute Gasteiger partial charge is 0.210 e. The van der Waals surface area contributed by atoms with E-state index in [2.05, 4.69) is 4.98 Å². The minimum absolute atomic E-state index is 0.187. The average molecular weight is 225 g/mol. The van der Waals surface area contributed by atoms with Crippen molar-refractivity contribution < 1.29 is 4.79 Å². The van der Waals surface area contributed by atoms with Crippen LogP contribution in [0.25, 0.3) is 0 Å². The molecule has 0 radical (unpaired) electrons. The lowest BCUT2D eigenvalue weighted by Gasteiger charge is -2.21. The monoisotopic (exact) mass is 224 g/mol. The lowest BCUT2D eigenvalue weighted by Crippen LogP contribution is -2.22. The van der Waals surface area contributed by atoms with Crippen LogP contribution in [0.5, 0.6) is 0 Å². The highest BCUT2D eigenvalue weighted by atomic mass is 35.5. The molecular weight excluding hydrogens is 212 g/mol. The van der Waals surface area contributed by atoms with Crippen molar-refractivity contribution in [3.05, 3.63) is 28.5 Å². The van der Waals surface area contributed by atoms with Crippen LogP contribution in [0.1, 0.15) is 30.1 Å². The predicted octanol–water partition coefficient (Wildman–Crippen LogP) is 2.34. The molecule has 1 aliphatic rings. The number of nitrogens with zero attached hydrogens (tertiary/aromatic N) is 2. The highest BCUT2D eigenvalue weighted by Gasteiger charge is 2.26. The standard InChI is InChI=1S/C11H13ClN2O/c1-8-9(4-5-11(12)13-8)10-3-2-6-14(10)7-15/h4-5,7,10H,2-3,6H2,1H3/t10-/m1/s1. The van der Waals surface area contributed by atoms with Crippen molar-refractivity contribution in [2.45, 2.75) is 25.8 Å². The van der Waals surface area contributed by atoms with Crippen LogP contribution in [-0.2, 0) is 4.79 Å². The molecule has 0 aliphatic carbocycles. The van der Waals surface area contributed by atoms with Gasteiger partial charge < -0.3 is 4.90 Å². The maximum absolute atomic E-state index is 10.8. The van der Waals surface area contributed by atoms with Crippen LogP contribution >= 0.6 is 11.6 Å². The maximum Gasteiger partial charge on any atom is 0.210 e. The number of amides is 1. The van der Waals surface area contributed by atoms with E-state index in [1.54, 1.807) is 6.07 Å². The second kappa shape index (κ2) is 4.19. The van der Waals surface area contributed by atoms with E-state index >= 15 is 0 Å². The summed E-state index contributed by atoms with van der Waals surface area (Å²) in [6.07, 6.45) is 3.00. The Bertz CT molecular complexity index is 381. The number of likely N-dealkylation sites (tertiary alicyclic amines) is 1. The van der Waals surface area contributed by atoms with Gasteiger partial charge in [-0.05, 0) is 31.4 Å². The Labute approximate surface area is 94.1 Å². The van der Waals surface area contributed by atoms with Crippen molar-refractivity contribution in [2.24, 2.45) is 0 Å². The van der Waals surface area contributed by atoms with E-state index in [4.69, 9.17) is 11.6 Å². The van der Waals surface area contributed by atoms with Crippen LogP contribution in [-0.4, -0.2) is 22.8 Å². The topological polar surface area (TPSA) is 33.2 Å². The molecule has 4 heteroatoms. The Balaban J connectivity index is 2.32. The van der Waals surface area contributed by atoms with Gasteiger partial charge in [0.1, 0.15) is 5.15 Å². The zero-order valence-electron chi connectivity index (χ0n) is 8.61. The van der Waals surface area contributed by atoms with Gasteiger partial charge in [-0.1, -0.05) is 17.7 Å². The molecule has 1 aromatic heterocycles. The third kappa shape index (κ3) is 1.97. The Kier molecular flexibility index (Phi) is 2.91. The second-order valence-corrected chi connectivity index (χ2v) is 4.20. The first-order valence-electron chi connectivity index (χ1n) is 5.06. The molecule has 1 saturated heterocycles. The van der Waals surface area contributed by atoms with Crippen LogP contribution in [0, 0.1) is 6.92 Å². The zero-order valence-corrected chi connectivity index (χ0v) is 9.37. The SMILES string of the molecule is Cc1nc(Cl)ccc1[C@H]1CCCN1C=O. The summed E-state index contributed by atoms with van der Waals surface area (Å²) in [6, 6.07) is 3.94. The fraction of sp³-hybridized carbons (Fsp3) is 0.455. The van der Waals surface area contributed by atoms with Gasteiger partial charge >= 0.3 is 0 Å². The van der Waals surface area contributed by atoms with E-state index in [0.717, 1.165) is 37.1 Å². The van der Waals surface area contributed by atoms with Gasteiger partial charge in [0.2, 0.25) is 6.41 Å². The molecule has 3 nitrogen and oxygen atoms in total. The molecule has 1 atom stereocenters. The molecule has 1 aromatic rings. The van der Waals surface area contributed by atoms with E-state index < -0.39 is 0 Å². The minimum Gasteiger partial charge on any atom is -0.338 e. The van der Waals surface area contributed by atoms with Crippen molar-refractivity contribution in [1.29, 1.82) is 0 Å². The summed E-state index contributed by atoms with van der Waals surface area (Å²) in [7, 11) is 0. The number of carbonyl (C=O) groups is 1. The van der Waals surface area contributed by atoms with E-state index in [1.807, 2.05) is 17.9 Å². The summed E-state index contributed by atoms with van der Waals surface area (Å²) in [5, 5.41) is 0.506. The van der Waals surface area contributed by atoms with Crippen molar-refractivity contribution in [3.63, 3.8) is 0 Å². The van der Waals surface area contributed by atoms with Crippen molar-refractivity contribution in [2.75, 3.05) is 6.54 Å². The van der Waals surface area contributed by atoms with E-state index in [-0.39, 0.29) is 6.04 Å². The van der Waals surface area contributed by atoms with Crippen LogP contribution in [0.4, 0.5) is 0 Å². The number of hydrogen-bond donors (Lipinski definition) is 0. The number of hydrogen-bond acceptors (Lipinski definition) is 2. The molecule has 0 N–H and O–H groups in total. The molecule has 2 heterocycles. The molecule has 0 unspecified atom stereocenters. The second-order valence-electron chi connectivity index (χ2n) is 3.81. The van der Waals surface area contributed by atoms with Crippen LogP contribution in [0.2, 0.25) is 5.15 Å². The molecular formula is C11H13ClN2O. The summed E-state index contributed by atoms with van der Waals surface area (Å²) in [5.41, 5.74) is 2.03. The molecule has 1 aliphatic heterocycles. The van der Waals surface area contributed by atoms with Gasteiger partial charge in [0.05, 0.1) is 6.04 Å². The van der Waals surface area contributed by atoms with Crippen LogP contribution in [0.3, 0.4) is 0 Å². The Morgan fingerprint density at radius 1 is 1.60 bits per heavy atom. The Hall–Kier alpha value is -1.09. The van der Waals surface area contributed by atoms with Gasteiger partial charge in [-0.25, -0.2) is 4.98 Å². The molecule has 0 aromatic carbocycles. The fourth-order valence-corrected chi connectivity index (χ4v) is 2.33. The zero-order chi connectivity index (χ0) is 10.8. The molecule has 80 valence electrons. The molecule has 0 saturated carbocycles. The van der Waals surface area contributed by atoms with Gasteiger partial charge in [-0.2, -0.15) is 0 Å². The van der Waals surface area contributed by atoms with Crippen molar-refractivity contribution in [1.82, 2.24) is 9.88 Å². The van der Waals surface area contributed by atoms with Crippen LogP contribution in [0.15, 0.2) is 12.1 Å². The number of halogens is 1. The van der Waals surface area contributed by atoms with Gasteiger partial charge in [-0.15, -0.1) is 0 Å². The van der Waals surface area contributed by atoms with Gasteiger partial charge in [0.15, 0.2) is 0 Å². The summed E-state index contributed by atoms with van der Waals surface area (Å²) < 4.78 is 0. The number of aryl methyl sites for hydroxylation is 1. The third-order valence-corrected chi connectivity index (χ3v) is 3.09. The van der Waals surface area contributed by atoms with Gasteiger partial charge in [0.25, 0.3) is 0 Å². The predicted molar refractivity (Wildman–Crippen MR) is 58.7 cm³/mol. The van der Waals surface area contributed by atoms with Gasteiger partial charge in [-0.3, -0.25) is 4.79 Å². The summed E-state index contributed by atoms with van der Waals surface area (Å²) in [5.74, 6) is 0. The van der Waals surface area contributed by atoms with E-state index in [9.17, 15) is 4.79 Å². The molecule has 1 amide bonds. The molecule has 1 fully saturated rings. The van der Waals surface area contributed by atoms with Crippen molar-refractivity contribution >= 4 is 18.0 Å².